The summed E-state index contributed by atoms with van der Waals surface area (Å²) < 4.78 is 0. The molecule has 0 radical (unpaired) electrons. The highest BCUT2D eigenvalue weighted by molar-refractivity contribution is 7.98. The van der Waals surface area contributed by atoms with E-state index < -0.39 is 42.0 Å². The molecule has 5 atom stereocenters. The molecule has 0 bridgehead atoms. The molecule has 11 heteroatoms. The van der Waals surface area contributed by atoms with Crippen molar-refractivity contribution < 1.29 is 29.4 Å². The molecule has 0 aromatic carbocycles. The Kier molecular flexibility index (Phi) is 10.3. The summed E-state index contributed by atoms with van der Waals surface area (Å²) in [5.41, 5.74) is 0. The quantitative estimate of drug-likeness (QED) is 0.235. The Bertz CT molecular complexity index is 568. The Morgan fingerprint density at radius 2 is 1.82 bits per heavy atom. The molecule has 0 aromatic heterocycles. The summed E-state index contributed by atoms with van der Waals surface area (Å²) >= 11 is 1.44. The first-order valence-electron chi connectivity index (χ1n) is 9.21. The van der Waals surface area contributed by atoms with Gasteiger partial charge in [0.2, 0.25) is 17.7 Å². The van der Waals surface area contributed by atoms with E-state index in [9.17, 15) is 29.4 Å². The van der Waals surface area contributed by atoms with Gasteiger partial charge < -0.3 is 31.5 Å². The molecule has 1 rings (SSSR count). The van der Waals surface area contributed by atoms with Gasteiger partial charge in [-0.05, 0) is 51.7 Å². The molecule has 3 amide bonds. The number of aliphatic carboxylic acids is 1. The van der Waals surface area contributed by atoms with Crippen molar-refractivity contribution >= 4 is 35.5 Å². The van der Waals surface area contributed by atoms with Crippen LogP contribution in [-0.4, -0.2) is 82.7 Å². The Labute approximate surface area is 168 Å². The lowest BCUT2D eigenvalue weighted by atomic mass is 10.1. The monoisotopic (exact) mass is 418 g/mol. The van der Waals surface area contributed by atoms with Crippen molar-refractivity contribution in [3.63, 3.8) is 0 Å². The lowest BCUT2D eigenvalue weighted by Crippen LogP contribution is -2.59. The molecule has 1 fully saturated rings. The van der Waals surface area contributed by atoms with Crippen molar-refractivity contribution in [1.29, 1.82) is 0 Å². The molecule has 5 unspecified atom stereocenters. The topological polar surface area (TPSA) is 157 Å². The smallest absolute Gasteiger partial charge is 0.326 e. The van der Waals surface area contributed by atoms with Crippen LogP contribution >= 0.6 is 11.8 Å². The first-order valence-corrected chi connectivity index (χ1v) is 10.6. The third-order valence-corrected chi connectivity index (χ3v) is 5.06. The van der Waals surface area contributed by atoms with Gasteiger partial charge in [-0.15, -0.1) is 0 Å². The van der Waals surface area contributed by atoms with Gasteiger partial charge in [-0.25, -0.2) is 4.79 Å². The minimum absolute atomic E-state index is 0.212. The molecule has 160 valence electrons. The number of aliphatic hydroxyl groups is 1. The van der Waals surface area contributed by atoms with Crippen LogP contribution in [0.2, 0.25) is 0 Å². The third kappa shape index (κ3) is 7.64. The Morgan fingerprint density at radius 1 is 1.14 bits per heavy atom. The Balaban J connectivity index is 2.65. The second-order valence-electron chi connectivity index (χ2n) is 6.79. The number of carbonyl (C=O) groups is 4. The largest absolute Gasteiger partial charge is 0.480 e. The predicted molar refractivity (Wildman–Crippen MR) is 105 cm³/mol. The van der Waals surface area contributed by atoms with Gasteiger partial charge in [0.15, 0.2) is 0 Å². The highest BCUT2D eigenvalue weighted by Gasteiger charge is 2.31. The van der Waals surface area contributed by atoms with E-state index in [4.69, 9.17) is 0 Å². The van der Waals surface area contributed by atoms with Crippen LogP contribution in [0.5, 0.6) is 0 Å². The van der Waals surface area contributed by atoms with Crippen LogP contribution < -0.4 is 21.3 Å². The van der Waals surface area contributed by atoms with E-state index >= 15 is 0 Å². The van der Waals surface area contributed by atoms with Gasteiger partial charge in [0, 0.05) is 0 Å². The molecule has 0 saturated carbocycles. The Morgan fingerprint density at radius 3 is 2.32 bits per heavy atom. The average Bonchev–Trinajstić information content (AvgIpc) is 3.16. The average molecular weight is 419 g/mol. The fourth-order valence-electron chi connectivity index (χ4n) is 2.73. The van der Waals surface area contributed by atoms with E-state index in [0.717, 1.165) is 13.0 Å². The van der Waals surface area contributed by atoms with Crippen molar-refractivity contribution in [1.82, 2.24) is 21.3 Å². The fraction of sp³-hybridized carbons (Fsp3) is 0.765. The van der Waals surface area contributed by atoms with E-state index in [1.807, 2.05) is 6.26 Å². The zero-order valence-corrected chi connectivity index (χ0v) is 17.2. The number of hydrogen-bond donors (Lipinski definition) is 6. The van der Waals surface area contributed by atoms with Crippen molar-refractivity contribution in [3.8, 4) is 0 Å². The minimum Gasteiger partial charge on any atom is -0.480 e. The highest BCUT2D eigenvalue weighted by atomic mass is 32.2. The maximum atomic E-state index is 12.4. The summed E-state index contributed by atoms with van der Waals surface area (Å²) in [6, 6.07) is -3.73. The standard InChI is InChI=1S/C17H30N4O6S/c1-9(19-15(24)11-5-4-7-18-11)14(23)21-13(10(2)22)16(25)20-12(17(26)27)6-8-28-3/h9-13,18,22H,4-8H2,1-3H3,(H,19,24)(H,20,25)(H,21,23)(H,26,27). The molecular formula is C17H30N4O6S. The van der Waals surface area contributed by atoms with E-state index in [0.29, 0.717) is 12.2 Å². The van der Waals surface area contributed by atoms with E-state index in [2.05, 4.69) is 21.3 Å². The van der Waals surface area contributed by atoms with Gasteiger partial charge in [-0.2, -0.15) is 11.8 Å². The second kappa shape index (κ2) is 11.9. The van der Waals surface area contributed by atoms with Crippen molar-refractivity contribution in [3.05, 3.63) is 0 Å². The van der Waals surface area contributed by atoms with Crippen LogP contribution in [0, 0.1) is 0 Å². The summed E-state index contributed by atoms with van der Waals surface area (Å²) in [4.78, 5) is 48.1. The summed E-state index contributed by atoms with van der Waals surface area (Å²) in [5.74, 6) is -2.42. The first-order chi connectivity index (χ1) is 13.2. The van der Waals surface area contributed by atoms with Gasteiger partial charge in [-0.3, -0.25) is 14.4 Å². The lowest BCUT2D eigenvalue weighted by molar-refractivity contribution is -0.143. The number of nitrogens with one attached hydrogen (secondary N) is 4. The van der Waals surface area contributed by atoms with Crippen molar-refractivity contribution in [2.45, 2.75) is 63.4 Å². The maximum Gasteiger partial charge on any atom is 0.326 e. The summed E-state index contributed by atoms with van der Waals surface area (Å²) in [6.07, 6.45) is 2.34. The highest BCUT2D eigenvalue weighted by Crippen LogP contribution is 2.06. The van der Waals surface area contributed by atoms with Gasteiger partial charge in [0.05, 0.1) is 12.1 Å². The molecule has 28 heavy (non-hydrogen) atoms. The zero-order valence-electron chi connectivity index (χ0n) is 16.4. The van der Waals surface area contributed by atoms with Crippen LogP contribution in [0.1, 0.15) is 33.1 Å². The van der Waals surface area contributed by atoms with E-state index in [-0.39, 0.29) is 18.4 Å². The molecule has 0 aliphatic carbocycles. The van der Waals surface area contributed by atoms with Gasteiger partial charge in [-0.1, -0.05) is 0 Å². The van der Waals surface area contributed by atoms with E-state index in [1.54, 1.807) is 0 Å². The SMILES string of the molecule is CSCCC(NC(=O)C(NC(=O)C(C)NC(=O)C1CCCN1)C(C)O)C(=O)O. The molecule has 1 aliphatic heterocycles. The molecule has 1 saturated heterocycles. The maximum absolute atomic E-state index is 12.4. The normalized spacial score (nSPS) is 20.5. The van der Waals surface area contributed by atoms with E-state index in [1.165, 1.54) is 25.6 Å². The van der Waals surface area contributed by atoms with Gasteiger partial charge in [0.25, 0.3) is 0 Å². The summed E-state index contributed by atoms with van der Waals surface area (Å²) in [7, 11) is 0. The number of thioether (sulfide) groups is 1. The molecule has 0 aromatic rings. The number of carboxylic acid groups (broad SMARTS) is 1. The number of carboxylic acids is 1. The second-order valence-corrected chi connectivity index (χ2v) is 7.77. The number of carbonyl (C=O) groups excluding carboxylic acids is 3. The van der Waals surface area contributed by atoms with Crippen molar-refractivity contribution in [2.24, 2.45) is 0 Å². The molecular weight excluding hydrogens is 388 g/mol. The third-order valence-electron chi connectivity index (χ3n) is 4.42. The predicted octanol–water partition coefficient (Wildman–Crippen LogP) is -1.57. The summed E-state index contributed by atoms with van der Waals surface area (Å²) in [5, 5.41) is 29.4. The molecule has 1 aliphatic rings. The van der Waals surface area contributed by atoms with Crippen LogP contribution in [0.15, 0.2) is 0 Å². The van der Waals surface area contributed by atoms with Gasteiger partial charge >= 0.3 is 5.97 Å². The number of aliphatic hydroxyl groups excluding tert-OH is 1. The first kappa shape index (κ1) is 24.2. The Hall–Kier alpha value is -1.85. The van der Waals surface area contributed by atoms with Crippen molar-refractivity contribution in [2.75, 3.05) is 18.6 Å². The molecule has 10 nitrogen and oxygen atoms in total. The molecule has 0 spiro atoms. The minimum atomic E-state index is -1.34. The zero-order chi connectivity index (χ0) is 21.3. The van der Waals surface area contributed by atoms with Crippen LogP contribution in [-0.2, 0) is 19.2 Å². The van der Waals surface area contributed by atoms with Gasteiger partial charge in [0.1, 0.15) is 18.1 Å². The molecule has 6 N–H and O–H groups in total. The van der Waals surface area contributed by atoms with Crippen LogP contribution in [0.3, 0.4) is 0 Å². The summed E-state index contributed by atoms with van der Waals surface area (Å²) in [6.45, 7) is 3.52. The number of hydrogen-bond acceptors (Lipinski definition) is 7. The van der Waals surface area contributed by atoms with Crippen LogP contribution in [0.4, 0.5) is 0 Å². The van der Waals surface area contributed by atoms with Crippen LogP contribution in [0.25, 0.3) is 0 Å². The fourth-order valence-corrected chi connectivity index (χ4v) is 3.20. The number of amides is 3. The molecule has 1 heterocycles. The lowest BCUT2D eigenvalue weighted by Gasteiger charge is -2.25. The number of rotatable bonds is 11.